The van der Waals surface area contributed by atoms with Crippen LogP contribution in [-0.4, -0.2) is 56.9 Å². The number of anilines is 2. The number of carbonyl (C=O) groups is 1. The molecule has 1 aromatic heterocycles. The zero-order valence-electron chi connectivity index (χ0n) is 20.5. The Morgan fingerprint density at radius 2 is 1.81 bits per heavy atom. The van der Waals surface area contributed by atoms with Crippen LogP contribution in [0.2, 0.25) is 0 Å². The van der Waals surface area contributed by atoms with E-state index < -0.39 is 14.6 Å². The molecule has 2 aromatic carbocycles. The third-order valence-corrected chi connectivity index (χ3v) is 8.24. The van der Waals surface area contributed by atoms with Crippen molar-refractivity contribution in [3.8, 4) is 5.75 Å². The number of unbranched alkanes of at least 4 members (excludes halogenated alkanes) is 1. The number of amides is 1. The number of benzene rings is 2. The summed E-state index contributed by atoms with van der Waals surface area (Å²) in [6.45, 7) is 5.07. The number of phosphoric ester groups is 1. The SMILES string of the molecule is O=C1CCc2ccc(OCCCCN3CCN(c4cccc5sccc45)CC3)cc2N1COP(=O)([O-])[O-]. The molecule has 0 saturated carbocycles. The average molecular weight is 544 g/mol. The molecule has 0 spiro atoms. The molecule has 0 bridgehead atoms. The molecule has 0 atom stereocenters. The average Bonchev–Trinajstić information content (AvgIpc) is 3.37. The van der Waals surface area contributed by atoms with Crippen LogP contribution in [0.3, 0.4) is 0 Å². The van der Waals surface area contributed by atoms with Crippen LogP contribution in [0.15, 0.2) is 47.8 Å². The fourth-order valence-corrected chi connectivity index (χ4v) is 6.04. The van der Waals surface area contributed by atoms with Crippen molar-refractivity contribution >= 4 is 46.5 Å². The van der Waals surface area contributed by atoms with Crippen LogP contribution in [-0.2, 0) is 20.3 Å². The second-order valence-corrected chi connectivity index (χ2v) is 11.4. The highest BCUT2D eigenvalue weighted by molar-refractivity contribution is 7.43. The smallest absolute Gasteiger partial charge is 0.229 e. The molecule has 3 aromatic rings. The van der Waals surface area contributed by atoms with E-state index in [9.17, 15) is 19.1 Å². The van der Waals surface area contributed by atoms with Crippen LogP contribution in [0.4, 0.5) is 11.4 Å². The number of piperazine rings is 1. The van der Waals surface area contributed by atoms with Crippen molar-refractivity contribution in [3.05, 3.63) is 53.4 Å². The molecule has 1 fully saturated rings. The topological polar surface area (TPSA) is 108 Å². The van der Waals surface area contributed by atoms with E-state index in [2.05, 4.69) is 44.0 Å². The molecule has 2 aliphatic heterocycles. The van der Waals surface area contributed by atoms with E-state index in [-0.39, 0.29) is 12.3 Å². The number of phosphoric acid groups is 1. The number of aryl methyl sites for hydroxylation is 1. The third kappa shape index (κ3) is 6.52. The highest BCUT2D eigenvalue weighted by Gasteiger charge is 2.25. The summed E-state index contributed by atoms with van der Waals surface area (Å²) >= 11 is 1.79. The number of thiophene rings is 1. The molecule has 3 heterocycles. The van der Waals surface area contributed by atoms with Crippen LogP contribution in [0.25, 0.3) is 10.1 Å². The number of fused-ring (bicyclic) bond motifs is 2. The van der Waals surface area contributed by atoms with Crippen molar-refractivity contribution < 1.29 is 28.4 Å². The second kappa shape index (κ2) is 11.5. The predicted octanol–water partition coefficient (Wildman–Crippen LogP) is 2.96. The highest BCUT2D eigenvalue weighted by Crippen LogP contribution is 2.34. The summed E-state index contributed by atoms with van der Waals surface area (Å²) in [4.78, 5) is 40.2. The van der Waals surface area contributed by atoms with Gasteiger partial charge in [0.25, 0.3) is 0 Å². The summed E-state index contributed by atoms with van der Waals surface area (Å²) in [6, 6.07) is 14.2. The zero-order valence-corrected chi connectivity index (χ0v) is 22.3. The first-order valence-electron chi connectivity index (χ1n) is 12.5. The summed E-state index contributed by atoms with van der Waals surface area (Å²) in [5.74, 6) is 0.312. The first-order chi connectivity index (χ1) is 17.9. The summed E-state index contributed by atoms with van der Waals surface area (Å²) in [5, 5.41) is 3.50. The van der Waals surface area contributed by atoms with E-state index in [1.54, 1.807) is 17.4 Å². The largest absolute Gasteiger partial charge is 0.790 e. The summed E-state index contributed by atoms with van der Waals surface area (Å²) in [5.41, 5.74) is 2.74. The first-order valence-corrected chi connectivity index (χ1v) is 14.9. The van der Waals surface area contributed by atoms with Crippen molar-refractivity contribution in [2.45, 2.75) is 25.7 Å². The first kappa shape index (κ1) is 26.2. The number of ether oxygens (including phenoxy) is 1. The van der Waals surface area contributed by atoms with Gasteiger partial charge in [-0.3, -0.25) is 14.6 Å². The lowest BCUT2D eigenvalue weighted by molar-refractivity contribution is -0.341. The van der Waals surface area contributed by atoms with E-state index in [0.717, 1.165) is 51.1 Å². The summed E-state index contributed by atoms with van der Waals surface area (Å²) in [7, 11) is -5.18. The van der Waals surface area contributed by atoms with Gasteiger partial charge in [0.2, 0.25) is 5.91 Å². The lowest BCUT2D eigenvalue weighted by Gasteiger charge is -2.36. The van der Waals surface area contributed by atoms with Crippen molar-refractivity contribution in [2.75, 3.05) is 55.9 Å². The van der Waals surface area contributed by atoms with E-state index in [0.29, 0.717) is 24.5 Å². The standard InChI is InChI=1S/C26H32N3O6PS/c30-26-9-7-20-6-8-21(18-24(20)29(26)19-35-36(31,32)33)34-16-2-1-11-27-12-14-28(15-13-27)23-4-3-5-25-22(23)10-17-37-25/h3-6,8,10,17-18H,1-2,7,9,11-16,19H2,(H2,31,32,33)/p-2. The minimum atomic E-state index is -5.18. The number of hydrogen-bond acceptors (Lipinski definition) is 9. The molecule has 9 nitrogen and oxygen atoms in total. The molecule has 0 N–H and O–H groups in total. The number of nitrogens with zero attached hydrogens (tertiary/aromatic N) is 3. The van der Waals surface area contributed by atoms with Crippen LogP contribution in [0.5, 0.6) is 5.75 Å². The maximum atomic E-state index is 12.3. The van der Waals surface area contributed by atoms with Crippen molar-refractivity contribution in [1.29, 1.82) is 0 Å². The monoisotopic (exact) mass is 543 g/mol. The Kier molecular flexibility index (Phi) is 8.14. The Hall–Kier alpha value is -2.46. The minimum absolute atomic E-state index is 0.233. The van der Waals surface area contributed by atoms with Crippen LogP contribution < -0.4 is 24.3 Å². The van der Waals surface area contributed by atoms with Crippen LogP contribution >= 0.6 is 19.2 Å². The van der Waals surface area contributed by atoms with Crippen molar-refractivity contribution in [1.82, 2.24) is 4.90 Å². The summed E-state index contributed by atoms with van der Waals surface area (Å²) < 4.78 is 22.5. The van der Waals surface area contributed by atoms with E-state index in [1.165, 1.54) is 20.7 Å². The maximum Gasteiger partial charge on any atom is 0.229 e. The quantitative estimate of drug-likeness (QED) is 0.284. The molecular weight excluding hydrogens is 513 g/mol. The number of rotatable bonds is 10. The van der Waals surface area contributed by atoms with Crippen molar-refractivity contribution in [2.24, 2.45) is 0 Å². The molecular formula is C26H30N3O6PS-2. The molecule has 0 aliphatic carbocycles. The number of carbonyl (C=O) groups excluding carboxylic acids is 1. The molecule has 11 heteroatoms. The molecule has 2 aliphatic rings. The van der Waals surface area contributed by atoms with E-state index in [1.807, 2.05) is 12.1 Å². The molecule has 1 saturated heterocycles. The van der Waals surface area contributed by atoms with Gasteiger partial charge in [0.1, 0.15) is 12.5 Å². The Bertz CT molecular complexity index is 1290. The zero-order chi connectivity index (χ0) is 25.8. The van der Waals surface area contributed by atoms with Gasteiger partial charge in [-0.25, -0.2) is 0 Å². The van der Waals surface area contributed by atoms with Gasteiger partial charge in [-0.1, -0.05) is 12.1 Å². The van der Waals surface area contributed by atoms with E-state index >= 15 is 0 Å². The molecule has 1 amide bonds. The molecule has 37 heavy (non-hydrogen) atoms. The van der Waals surface area contributed by atoms with Gasteiger partial charge < -0.3 is 28.5 Å². The van der Waals surface area contributed by atoms with Gasteiger partial charge >= 0.3 is 0 Å². The Balaban J connectivity index is 1.06. The fourth-order valence-electron chi connectivity index (χ4n) is 4.97. The number of hydrogen-bond donors (Lipinski definition) is 0. The fraction of sp³-hybridized carbons (Fsp3) is 0.423. The normalized spacial score (nSPS) is 16.9. The van der Waals surface area contributed by atoms with Gasteiger partial charge in [-0.05, 0) is 61.0 Å². The van der Waals surface area contributed by atoms with Gasteiger partial charge in [-0.15, -0.1) is 11.3 Å². The molecule has 0 radical (unpaired) electrons. The van der Waals surface area contributed by atoms with Crippen LogP contribution in [0.1, 0.15) is 24.8 Å². The molecule has 0 unspecified atom stereocenters. The Morgan fingerprint density at radius 1 is 0.973 bits per heavy atom. The summed E-state index contributed by atoms with van der Waals surface area (Å²) in [6.07, 6.45) is 2.70. The third-order valence-electron chi connectivity index (χ3n) is 6.92. The minimum Gasteiger partial charge on any atom is -0.790 e. The second-order valence-electron chi connectivity index (χ2n) is 9.31. The van der Waals surface area contributed by atoms with Gasteiger partial charge in [-0.2, -0.15) is 0 Å². The molecule has 5 rings (SSSR count). The Labute approximate surface area is 220 Å². The molecule has 198 valence electrons. The van der Waals surface area contributed by atoms with Gasteiger partial charge in [0.15, 0.2) is 0 Å². The van der Waals surface area contributed by atoms with Crippen molar-refractivity contribution in [3.63, 3.8) is 0 Å². The van der Waals surface area contributed by atoms with Gasteiger partial charge in [0, 0.05) is 54.4 Å². The van der Waals surface area contributed by atoms with E-state index in [4.69, 9.17) is 4.74 Å². The predicted molar refractivity (Wildman–Crippen MR) is 141 cm³/mol. The maximum absolute atomic E-state index is 12.3. The highest BCUT2D eigenvalue weighted by atomic mass is 32.1. The lowest BCUT2D eigenvalue weighted by Crippen LogP contribution is -2.46. The Morgan fingerprint density at radius 3 is 2.62 bits per heavy atom. The lowest BCUT2D eigenvalue weighted by atomic mass is 10.0. The van der Waals surface area contributed by atoms with Crippen LogP contribution in [0, 0.1) is 0 Å². The van der Waals surface area contributed by atoms with Gasteiger partial charge in [0.05, 0.1) is 20.1 Å².